The first-order valence-electron chi connectivity index (χ1n) is 5.96. The smallest absolute Gasteiger partial charge is 0.351 e. The van der Waals surface area contributed by atoms with E-state index in [1.165, 1.54) is 0 Å². The van der Waals surface area contributed by atoms with Gasteiger partial charge in [0.1, 0.15) is 10.1 Å². The molecule has 0 N–H and O–H groups in total. The van der Waals surface area contributed by atoms with Crippen LogP contribution in [0.1, 0.15) is 5.56 Å². The SMILES string of the molecule is Cc1cccc2oc(=O)c(Br)c(-c3ccccc3)c12. The van der Waals surface area contributed by atoms with E-state index < -0.39 is 0 Å². The summed E-state index contributed by atoms with van der Waals surface area (Å²) >= 11 is 3.37. The molecule has 0 unspecified atom stereocenters. The maximum Gasteiger partial charge on any atom is 0.351 e. The molecule has 0 bridgehead atoms. The molecule has 0 aliphatic heterocycles. The van der Waals surface area contributed by atoms with Gasteiger partial charge in [0.25, 0.3) is 0 Å². The van der Waals surface area contributed by atoms with E-state index in [9.17, 15) is 4.79 Å². The van der Waals surface area contributed by atoms with Crippen molar-refractivity contribution < 1.29 is 4.42 Å². The molecule has 0 radical (unpaired) electrons. The number of fused-ring (bicyclic) bond motifs is 1. The summed E-state index contributed by atoms with van der Waals surface area (Å²) in [4.78, 5) is 11.9. The quantitative estimate of drug-likeness (QED) is 0.618. The van der Waals surface area contributed by atoms with Gasteiger partial charge in [-0.3, -0.25) is 0 Å². The lowest BCUT2D eigenvalue weighted by atomic mass is 9.99. The molecule has 0 atom stereocenters. The number of benzene rings is 2. The van der Waals surface area contributed by atoms with Crippen LogP contribution in [0.4, 0.5) is 0 Å². The van der Waals surface area contributed by atoms with E-state index in [4.69, 9.17) is 4.42 Å². The van der Waals surface area contributed by atoms with Gasteiger partial charge in [0.15, 0.2) is 0 Å². The van der Waals surface area contributed by atoms with E-state index in [2.05, 4.69) is 15.9 Å². The van der Waals surface area contributed by atoms with Crippen molar-refractivity contribution in [3.8, 4) is 11.1 Å². The largest absolute Gasteiger partial charge is 0.422 e. The second kappa shape index (κ2) is 4.67. The zero-order valence-corrected chi connectivity index (χ0v) is 11.9. The predicted octanol–water partition coefficient (Wildman–Crippen LogP) is 4.53. The summed E-state index contributed by atoms with van der Waals surface area (Å²) in [6.07, 6.45) is 0. The third-order valence-electron chi connectivity index (χ3n) is 3.15. The van der Waals surface area contributed by atoms with Crippen molar-refractivity contribution in [2.45, 2.75) is 6.92 Å². The van der Waals surface area contributed by atoms with Gasteiger partial charge in [-0.1, -0.05) is 42.5 Å². The van der Waals surface area contributed by atoms with Gasteiger partial charge in [0.2, 0.25) is 0 Å². The van der Waals surface area contributed by atoms with Crippen LogP contribution in [0.5, 0.6) is 0 Å². The molecule has 0 saturated heterocycles. The zero-order chi connectivity index (χ0) is 13.4. The van der Waals surface area contributed by atoms with E-state index in [0.717, 1.165) is 22.1 Å². The number of hydrogen-bond acceptors (Lipinski definition) is 2. The van der Waals surface area contributed by atoms with Crippen molar-refractivity contribution in [1.29, 1.82) is 0 Å². The average molecular weight is 315 g/mol. The van der Waals surface area contributed by atoms with E-state index in [1.54, 1.807) is 0 Å². The van der Waals surface area contributed by atoms with Crippen LogP contribution < -0.4 is 5.63 Å². The standard InChI is InChI=1S/C16H11BrO2/c1-10-6-5-9-12-13(10)14(15(17)16(18)19-12)11-7-3-2-4-8-11/h2-9H,1H3. The Hall–Kier alpha value is -1.87. The lowest BCUT2D eigenvalue weighted by molar-refractivity contribution is 0.557. The summed E-state index contributed by atoms with van der Waals surface area (Å²) in [6.45, 7) is 2.02. The molecular weight excluding hydrogens is 304 g/mol. The molecule has 3 heteroatoms. The Morgan fingerprint density at radius 2 is 1.74 bits per heavy atom. The molecule has 0 spiro atoms. The highest BCUT2D eigenvalue weighted by Gasteiger charge is 2.15. The zero-order valence-electron chi connectivity index (χ0n) is 10.3. The molecule has 1 heterocycles. The normalized spacial score (nSPS) is 10.8. The maximum atomic E-state index is 11.9. The van der Waals surface area contributed by atoms with Crippen molar-refractivity contribution in [2.75, 3.05) is 0 Å². The maximum absolute atomic E-state index is 11.9. The molecule has 0 aliphatic rings. The molecule has 0 saturated carbocycles. The van der Waals surface area contributed by atoms with E-state index >= 15 is 0 Å². The molecule has 19 heavy (non-hydrogen) atoms. The van der Waals surface area contributed by atoms with Gasteiger partial charge >= 0.3 is 5.63 Å². The van der Waals surface area contributed by atoms with Crippen LogP contribution in [-0.4, -0.2) is 0 Å². The second-order valence-electron chi connectivity index (χ2n) is 4.39. The minimum atomic E-state index is -0.350. The van der Waals surface area contributed by atoms with E-state index in [-0.39, 0.29) is 5.63 Å². The van der Waals surface area contributed by atoms with Gasteiger partial charge < -0.3 is 4.42 Å². The third-order valence-corrected chi connectivity index (χ3v) is 3.87. The lowest BCUT2D eigenvalue weighted by Crippen LogP contribution is -2.03. The van der Waals surface area contributed by atoms with Crippen LogP contribution in [0.25, 0.3) is 22.1 Å². The summed E-state index contributed by atoms with van der Waals surface area (Å²) in [5, 5.41) is 0.972. The van der Waals surface area contributed by atoms with Crippen LogP contribution in [0.15, 0.2) is 62.2 Å². The van der Waals surface area contributed by atoms with Crippen molar-refractivity contribution in [2.24, 2.45) is 0 Å². The van der Waals surface area contributed by atoms with Gasteiger partial charge in [0, 0.05) is 10.9 Å². The molecule has 94 valence electrons. The molecule has 0 amide bonds. The summed E-state index contributed by atoms with van der Waals surface area (Å²) in [5.41, 5.74) is 3.25. The van der Waals surface area contributed by atoms with Gasteiger partial charge in [-0.05, 0) is 40.0 Å². The van der Waals surface area contributed by atoms with Gasteiger partial charge in [-0.2, -0.15) is 0 Å². The minimum Gasteiger partial charge on any atom is -0.422 e. The fourth-order valence-corrected chi connectivity index (χ4v) is 2.79. The lowest BCUT2D eigenvalue weighted by Gasteiger charge is -2.10. The first-order valence-corrected chi connectivity index (χ1v) is 6.75. The van der Waals surface area contributed by atoms with Crippen molar-refractivity contribution in [3.05, 3.63) is 69.0 Å². The van der Waals surface area contributed by atoms with Crippen molar-refractivity contribution in [1.82, 2.24) is 0 Å². The highest BCUT2D eigenvalue weighted by molar-refractivity contribution is 9.10. The van der Waals surface area contributed by atoms with Crippen LogP contribution in [0.3, 0.4) is 0 Å². The third kappa shape index (κ3) is 2.00. The number of aryl methyl sites for hydroxylation is 1. The number of rotatable bonds is 1. The first kappa shape index (κ1) is 12.2. The summed E-state index contributed by atoms with van der Waals surface area (Å²) < 4.78 is 5.81. The van der Waals surface area contributed by atoms with Crippen molar-refractivity contribution in [3.63, 3.8) is 0 Å². The Morgan fingerprint density at radius 3 is 2.47 bits per heavy atom. The van der Waals surface area contributed by atoms with Crippen LogP contribution in [0.2, 0.25) is 0 Å². The Balaban J connectivity index is 2.53. The molecule has 3 rings (SSSR count). The summed E-state index contributed by atoms with van der Waals surface area (Å²) in [6, 6.07) is 15.6. The summed E-state index contributed by atoms with van der Waals surface area (Å²) in [5.74, 6) is 0. The topological polar surface area (TPSA) is 30.2 Å². The number of halogens is 1. The molecule has 3 aromatic rings. The van der Waals surface area contributed by atoms with E-state index in [0.29, 0.717) is 10.1 Å². The van der Waals surface area contributed by atoms with E-state index in [1.807, 2.05) is 55.5 Å². The monoisotopic (exact) mass is 314 g/mol. The van der Waals surface area contributed by atoms with Gasteiger partial charge in [0.05, 0.1) is 0 Å². The Morgan fingerprint density at radius 1 is 1.00 bits per heavy atom. The van der Waals surface area contributed by atoms with Gasteiger partial charge in [-0.25, -0.2) is 4.79 Å². The molecule has 2 aromatic carbocycles. The molecule has 2 nitrogen and oxygen atoms in total. The highest BCUT2D eigenvalue weighted by Crippen LogP contribution is 2.34. The molecule has 0 fully saturated rings. The minimum absolute atomic E-state index is 0.350. The predicted molar refractivity (Wildman–Crippen MR) is 80.4 cm³/mol. The van der Waals surface area contributed by atoms with Crippen LogP contribution in [0, 0.1) is 6.92 Å². The fourth-order valence-electron chi connectivity index (χ4n) is 2.28. The van der Waals surface area contributed by atoms with Crippen LogP contribution in [-0.2, 0) is 0 Å². The summed E-state index contributed by atoms with van der Waals surface area (Å²) in [7, 11) is 0. The number of hydrogen-bond donors (Lipinski definition) is 0. The van der Waals surface area contributed by atoms with Crippen LogP contribution >= 0.6 is 15.9 Å². The average Bonchev–Trinajstić information content (AvgIpc) is 2.42. The Labute approximate surface area is 118 Å². The second-order valence-corrected chi connectivity index (χ2v) is 5.19. The highest BCUT2D eigenvalue weighted by atomic mass is 79.9. The first-order chi connectivity index (χ1) is 9.18. The molecule has 1 aromatic heterocycles. The van der Waals surface area contributed by atoms with Gasteiger partial charge in [-0.15, -0.1) is 0 Å². The fraction of sp³-hybridized carbons (Fsp3) is 0.0625. The Bertz CT molecular complexity index is 804. The Kier molecular flexibility index (Phi) is 2.99. The molecular formula is C16H11BrO2. The van der Waals surface area contributed by atoms with Crippen molar-refractivity contribution >= 4 is 26.9 Å². The molecule has 0 aliphatic carbocycles.